The van der Waals surface area contributed by atoms with E-state index in [0.29, 0.717) is 29.8 Å². The van der Waals surface area contributed by atoms with Crippen LogP contribution >= 0.6 is 0 Å². The zero-order valence-corrected chi connectivity index (χ0v) is 21.7. The van der Waals surface area contributed by atoms with Gasteiger partial charge in [-0.2, -0.15) is 5.26 Å². The number of aromatic carboxylic acids is 1. The van der Waals surface area contributed by atoms with Crippen molar-refractivity contribution < 1.29 is 14.7 Å². The van der Waals surface area contributed by atoms with Crippen molar-refractivity contribution in [3.8, 4) is 17.2 Å². The number of nitrogens with one attached hydrogen (secondary N) is 1. The minimum atomic E-state index is -0.943. The minimum Gasteiger partial charge on any atom is -0.478 e. The number of fused-ring (bicyclic) bond motifs is 1. The number of carbonyl (C=O) groups excluding carboxylic acids is 1. The molecule has 0 bridgehead atoms. The van der Waals surface area contributed by atoms with Crippen LogP contribution in [0.15, 0.2) is 91.0 Å². The van der Waals surface area contributed by atoms with Crippen LogP contribution in [0.25, 0.3) is 22.0 Å². The first-order valence-corrected chi connectivity index (χ1v) is 12.6. The van der Waals surface area contributed by atoms with Gasteiger partial charge in [0.05, 0.1) is 17.2 Å². The van der Waals surface area contributed by atoms with Gasteiger partial charge in [0.2, 0.25) is 0 Å². The monoisotopic (exact) mass is 513 g/mol. The molecule has 0 spiro atoms. The summed E-state index contributed by atoms with van der Waals surface area (Å²) < 4.78 is 2.24. The molecule has 0 atom stereocenters. The van der Waals surface area contributed by atoms with E-state index in [2.05, 4.69) is 29.8 Å². The number of carboxylic acids is 1. The van der Waals surface area contributed by atoms with Gasteiger partial charge >= 0.3 is 5.97 Å². The molecule has 1 aromatic heterocycles. The number of hydrogen-bond acceptors (Lipinski definition) is 3. The van der Waals surface area contributed by atoms with Crippen LogP contribution in [-0.2, 0) is 13.1 Å². The van der Waals surface area contributed by atoms with Crippen LogP contribution in [0.1, 0.15) is 48.7 Å². The fourth-order valence-corrected chi connectivity index (χ4v) is 4.87. The summed E-state index contributed by atoms with van der Waals surface area (Å²) in [7, 11) is 0. The van der Waals surface area contributed by atoms with E-state index < -0.39 is 5.97 Å². The second kappa shape index (κ2) is 10.7. The second-order valence-corrected chi connectivity index (χ2v) is 9.57. The molecule has 6 heteroatoms. The highest BCUT2D eigenvalue weighted by molar-refractivity contribution is 5.99. The molecule has 1 amide bonds. The maximum atomic E-state index is 12.9. The summed E-state index contributed by atoms with van der Waals surface area (Å²) in [6.45, 7) is 5.19. The maximum absolute atomic E-state index is 12.9. The zero-order valence-electron chi connectivity index (χ0n) is 21.7. The number of nitriles is 1. The van der Waals surface area contributed by atoms with Gasteiger partial charge in [-0.1, -0.05) is 54.6 Å². The van der Waals surface area contributed by atoms with Gasteiger partial charge in [0, 0.05) is 35.2 Å². The Morgan fingerprint density at radius 3 is 2.28 bits per heavy atom. The van der Waals surface area contributed by atoms with Crippen LogP contribution in [0.5, 0.6) is 0 Å². The summed E-state index contributed by atoms with van der Waals surface area (Å²) >= 11 is 0. The number of benzene rings is 4. The van der Waals surface area contributed by atoms with E-state index in [1.54, 1.807) is 24.3 Å². The highest BCUT2D eigenvalue weighted by atomic mass is 16.4. The number of carboxylic acid groups (broad SMARTS) is 1. The summed E-state index contributed by atoms with van der Waals surface area (Å²) in [5.74, 6) is -1.09. The lowest BCUT2D eigenvalue weighted by atomic mass is 9.99. The summed E-state index contributed by atoms with van der Waals surface area (Å²) in [5.41, 5.74) is 8.34. The Hall–Kier alpha value is -5.15. The molecule has 39 heavy (non-hydrogen) atoms. The molecular formula is C33H27N3O3. The van der Waals surface area contributed by atoms with Crippen LogP contribution in [0.3, 0.4) is 0 Å². The lowest BCUT2D eigenvalue weighted by Crippen LogP contribution is -2.22. The third-order valence-electron chi connectivity index (χ3n) is 7.20. The molecule has 192 valence electrons. The highest BCUT2D eigenvalue weighted by Gasteiger charge is 2.15. The topological polar surface area (TPSA) is 95.1 Å². The van der Waals surface area contributed by atoms with E-state index in [4.69, 9.17) is 5.26 Å². The minimum absolute atomic E-state index is 0.150. The fraction of sp³-hybridized carbons (Fsp3) is 0.121. The van der Waals surface area contributed by atoms with Gasteiger partial charge < -0.3 is 15.0 Å². The highest BCUT2D eigenvalue weighted by Crippen LogP contribution is 2.29. The van der Waals surface area contributed by atoms with E-state index in [1.807, 2.05) is 66.7 Å². The van der Waals surface area contributed by atoms with Crippen LogP contribution in [0.2, 0.25) is 0 Å². The number of amides is 1. The van der Waals surface area contributed by atoms with Crippen molar-refractivity contribution in [3.05, 3.63) is 130 Å². The molecule has 0 radical (unpaired) electrons. The van der Waals surface area contributed by atoms with Crippen molar-refractivity contribution >= 4 is 22.8 Å². The number of aromatic nitrogens is 1. The summed E-state index contributed by atoms with van der Waals surface area (Å²) in [6.07, 6.45) is 0. The molecule has 0 unspecified atom stereocenters. The Morgan fingerprint density at radius 1 is 0.897 bits per heavy atom. The average molecular weight is 514 g/mol. The Labute approximate surface area is 226 Å². The van der Waals surface area contributed by atoms with Crippen molar-refractivity contribution in [3.63, 3.8) is 0 Å². The number of nitrogens with zero attached hydrogens (tertiary/aromatic N) is 2. The molecule has 4 aromatic carbocycles. The Kier molecular flexibility index (Phi) is 6.98. The molecule has 0 saturated carbocycles. The molecule has 0 aliphatic rings. The first-order valence-electron chi connectivity index (χ1n) is 12.6. The number of hydrogen-bond donors (Lipinski definition) is 2. The van der Waals surface area contributed by atoms with Crippen LogP contribution in [0.4, 0.5) is 0 Å². The van der Waals surface area contributed by atoms with Crippen LogP contribution in [-0.4, -0.2) is 21.6 Å². The van der Waals surface area contributed by atoms with Gasteiger partial charge in [-0.3, -0.25) is 4.79 Å². The predicted octanol–water partition coefficient (Wildman–Crippen LogP) is 6.47. The molecule has 5 aromatic rings. The summed E-state index contributed by atoms with van der Waals surface area (Å²) in [4.78, 5) is 24.5. The predicted molar refractivity (Wildman–Crippen MR) is 152 cm³/mol. The summed E-state index contributed by atoms with van der Waals surface area (Å²) in [5, 5.41) is 22.5. The van der Waals surface area contributed by atoms with E-state index in [-0.39, 0.29) is 11.5 Å². The quantitative estimate of drug-likeness (QED) is 0.261. The average Bonchev–Trinajstić information content (AvgIpc) is 3.20. The lowest BCUT2D eigenvalue weighted by Gasteiger charge is -2.11. The van der Waals surface area contributed by atoms with Crippen LogP contribution in [0, 0.1) is 25.2 Å². The standard InChI is InChI=1S/C33H27N3O3/c1-21-22(2)36(20-25-11-13-26(14-12-25)28-5-3-4-6-29(28)33(38)39)31-16-15-27(17-30(21)31)32(37)35-19-24-9-7-23(18-34)8-10-24/h3-17H,19-20H2,1-2H3,(H,35,37)(H,38,39). The largest absolute Gasteiger partial charge is 0.478 e. The van der Waals surface area contributed by atoms with Gasteiger partial charge in [0.1, 0.15) is 0 Å². The second-order valence-electron chi connectivity index (χ2n) is 9.57. The van der Waals surface area contributed by atoms with E-state index in [0.717, 1.165) is 38.9 Å². The van der Waals surface area contributed by atoms with E-state index in [1.165, 1.54) is 0 Å². The van der Waals surface area contributed by atoms with Crippen LogP contribution < -0.4 is 5.32 Å². The van der Waals surface area contributed by atoms with Gasteiger partial charge in [0.25, 0.3) is 5.91 Å². The molecular weight excluding hydrogens is 486 g/mol. The van der Waals surface area contributed by atoms with Gasteiger partial charge in [0.15, 0.2) is 0 Å². The van der Waals surface area contributed by atoms with Crippen molar-refractivity contribution in [2.75, 3.05) is 0 Å². The Bertz CT molecular complexity index is 1740. The molecule has 1 heterocycles. The van der Waals surface area contributed by atoms with Gasteiger partial charge in [-0.15, -0.1) is 0 Å². The Balaban J connectivity index is 1.35. The fourth-order valence-electron chi connectivity index (χ4n) is 4.87. The van der Waals surface area contributed by atoms with Gasteiger partial charge in [-0.05, 0) is 78.1 Å². The molecule has 0 aliphatic carbocycles. The maximum Gasteiger partial charge on any atom is 0.336 e. The SMILES string of the molecule is Cc1c(C)n(Cc2ccc(-c3ccccc3C(=O)O)cc2)c2ccc(C(=O)NCc3ccc(C#N)cc3)cc12. The number of aryl methyl sites for hydroxylation is 1. The Morgan fingerprint density at radius 2 is 1.59 bits per heavy atom. The van der Waals surface area contributed by atoms with E-state index >= 15 is 0 Å². The normalized spacial score (nSPS) is 10.8. The number of rotatable bonds is 7. The number of carbonyl (C=O) groups is 2. The zero-order chi connectivity index (χ0) is 27.5. The molecule has 2 N–H and O–H groups in total. The first-order chi connectivity index (χ1) is 18.9. The van der Waals surface area contributed by atoms with Gasteiger partial charge in [-0.25, -0.2) is 4.79 Å². The molecule has 5 rings (SSSR count). The molecule has 6 nitrogen and oxygen atoms in total. The molecule has 0 saturated heterocycles. The third kappa shape index (κ3) is 5.16. The molecule has 0 fully saturated rings. The van der Waals surface area contributed by atoms with Crippen molar-refractivity contribution in [2.24, 2.45) is 0 Å². The summed E-state index contributed by atoms with van der Waals surface area (Å²) in [6, 6.07) is 30.0. The van der Waals surface area contributed by atoms with Crippen molar-refractivity contribution in [1.82, 2.24) is 9.88 Å². The van der Waals surface area contributed by atoms with E-state index in [9.17, 15) is 14.7 Å². The first kappa shape index (κ1) is 25.5. The molecule has 0 aliphatic heterocycles. The van der Waals surface area contributed by atoms with Crippen molar-refractivity contribution in [1.29, 1.82) is 5.26 Å². The lowest BCUT2D eigenvalue weighted by molar-refractivity contribution is 0.0697. The third-order valence-corrected chi connectivity index (χ3v) is 7.20. The smallest absolute Gasteiger partial charge is 0.336 e. The van der Waals surface area contributed by atoms with Crippen molar-refractivity contribution in [2.45, 2.75) is 26.9 Å².